The molecule has 0 aromatic heterocycles. The summed E-state index contributed by atoms with van der Waals surface area (Å²) in [6, 6.07) is 3.62. The summed E-state index contributed by atoms with van der Waals surface area (Å²) in [5.41, 5.74) is 0.216. The Kier molecular flexibility index (Phi) is 2.57. The van der Waals surface area contributed by atoms with Crippen LogP contribution in [0.1, 0.15) is 26.2 Å². The number of nitrogens with one attached hydrogen (secondary N) is 2. The second-order valence-corrected chi connectivity index (χ2v) is 6.56. The average Bonchev–Trinajstić information content (AvgIpc) is 3.10. The molecule has 19 heavy (non-hydrogen) atoms. The molecule has 3 rings (SSSR count). The molecule has 0 bridgehead atoms. The summed E-state index contributed by atoms with van der Waals surface area (Å²) < 4.78 is 39.5. The minimum Gasteiger partial charge on any atom is -0.324 e. The summed E-state index contributed by atoms with van der Waals surface area (Å²) in [4.78, 5) is 4.35. The molecule has 2 aliphatic rings. The van der Waals surface area contributed by atoms with Crippen molar-refractivity contribution in [1.29, 1.82) is 0 Å². The van der Waals surface area contributed by atoms with Gasteiger partial charge in [-0.2, -0.15) is 0 Å². The van der Waals surface area contributed by atoms with Gasteiger partial charge in [0.2, 0.25) is 5.96 Å². The van der Waals surface area contributed by atoms with Crippen molar-refractivity contribution in [1.82, 2.24) is 4.72 Å². The molecule has 102 valence electrons. The quantitative estimate of drug-likeness (QED) is 0.870. The van der Waals surface area contributed by atoms with Crippen LogP contribution in [0.5, 0.6) is 0 Å². The molecule has 1 aromatic carbocycles. The second-order valence-electron chi connectivity index (χ2n) is 4.91. The minimum atomic E-state index is -3.75. The topological polar surface area (TPSA) is 70.6 Å². The van der Waals surface area contributed by atoms with Crippen LogP contribution in [0.2, 0.25) is 0 Å². The van der Waals surface area contributed by atoms with Crippen LogP contribution in [-0.4, -0.2) is 19.9 Å². The minimum absolute atomic E-state index is 0.0900. The Bertz CT molecular complexity index is 666. The fourth-order valence-corrected chi connectivity index (χ4v) is 3.27. The van der Waals surface area contributed by atoms with Crippen LogP contribution < -0.4 is 10.0 Å². The first-order valence-electron chi connectivity index (χ1n) is 6.13. The normalized spacial score (nSPS) is 24.2. The van der Waals surface area contributed by atoms with Gasteiger partial charge >= 0.3 is 0 Å². The predicted molar refractivity (Wildman–Crippen MR) is 70.0 cm³/mol. The number of sulfonamides is 1. The van der Waals surface area contributed by atoms with E-state index >= 15 is 0 Å². The molecule has 1 aromatic rings. The molecule has 0 radical (unpaired) electrons. The van der Waals surface area contributed by atoms with E-state index in [1.807, 2.05) is 6.92 Å². The van der Waals surface area contributed by atoms with Crippen LogP contribution in [0.25, 0.3) is 0 Å². The predicted octanol–water partition coefficient (Wildman–Crippen LogP) is 1.83. The van der Waals surface area contributed by atoms with Gasteiger partial charge in [-0.05, 0) is 37.5 Å². The number of hydrogen-bond acceptors (Lipinski definition) is 3. The Morgan fingerprint density at radius 2 is 2.16 bits per heavy atom. The Morgan fingerprint density at radius 3 is 2.79 bits per heavy atom. The Balaban J connectivity index is 2.02. The van der Waals surface area contributed by atoms with Crippen LogP contribution in [0, 0.1) is 5.82 Å². The van der Waals surface area contributed by atoms with E-state index in [-0.39, 0.29) is 16.4 Å². The summed E-state index contributed by atoms with van der Waals surface area (Å²) in [7, 11) is -3.75. The third-order valence-corrected chi connectivity index (χ3v) is 4.93. The lowest BCUT2D eigenvalue weighted by molar-refractivity contribution is 0.585. The number of rotatable bonds is 2. The van der Waals surface area contributed by atoms with Crippen molar-refractivity contribution in [3.63, 3.8) is 0 Å². The number of anilines is 1. The number of hydrogen-bond donors (Lipinski definition) is 2. The number of benzene rings is 1. The van der Waals surface area contributed by atoms with Crippen LogP contribution in [0.15, 0.2) is 28.1 Å². The van der Waals surface area contributed by atoms with Gasteiger partial charge in [0.1, 0.15) is 10.7 Å². The Labute approximate surface area is 111 Å². The van der Waals surface area contributed by atoms with E-state index in [2.05, 4.69) is 15.0 Å². The highest BCUT2D eigenvalue weighted by atomic mass is 32.2. The summed E-state index contributed by atoms with van der Waals surface area (Å²) in [6.07, 6.45) is 2.80. The van der Waals surface area contributed by atoms with E-state index in [1.165, 1.54) is 12.1 Å². The molecule has 1 fully saturated rings. The van der Waals surface area contributed by atoms with E-state index in [9.17, 15) is 12.8 Å². The summed E-state index contributed by atoms with van der Waals surface area (Å²) in [5.74, 6) is -0.364. The van der Waals surface area contributed by atoms with Crippen LogP contribution >= 0.6 is 0 Å². The van der Waals surface area contributed by atoms with Gasteiger partial charge in [-0.15, -0.1) is 0 Å². The van der Waals surface area contributed by atoms with E-state index in [4.69, 9.17) is 0 Å². The highest BCUT2D eigenvalue weighted by Crippen LogP contribution is 2.43. The number of guanidine groups is 1. The first-order chi connectivity index (χ1) is 8.94. The van der Waals surface area contributed by atoms with Gasteiger partial charge in [0.25, 0.3) is 10.0 Å². The van der Waals surface area contributed by atoms with Crippen molar-refractivity contribution in [2.24, 2.45) is 4.99 Å². The number of halogens is 1. The third kappa shape index (κ3) is 2.18. The van der Waals surface area contributed by atoms with Crippen LogP contribution in [0.3, 0.4) is 0 Å². The number of nitrogens with zero attached hydrogens (tertiary/aromatic N) is 1. The highest BCUT2D eigenvalue weighted by molar-refractivity contribution is 7.90. The molecule has 0 atom stereocenters. The number of aliphatic imine (C=N–C) groups is 1. The van der Waals surface area contributed by atoms with Gasteiger partial charge in [0, 0.05) is 0 Å². The smallest absolute Gasteiger partial charge is 0.266 e. The maximum Gasteiger partial charge on any atom is 0.266 e. The lowest BCUT2D eigenvalue weighted by Gasteiger charge is -2.22. The molecule has 1 aliphatic heterocycles. The molecule has 0 amide bonds. The number of fused-ring (bicyclic) bond motifs is 1. The summed E-state index contributed by atoms with van der Waals surface area (Å²) in [6.45, 7) is 2.03. The van der Waals surface area contributed by atoms with E-state index in [0.717, 1.165) is 25.3 Å². The maximum absolute atomic E-state index is 13.1. The zero-order chi connectivity index (χ0) is 13.7. The summed E-state index contributed by atoms with van der Waals surface area (Å²) in [5, 5.41) is 2.90. The largest absolute Gasteiger partial charge is 0.324 e. The van der Waals surface area contributed by atoms with Crippen molar-refractivity contribution in [2.75, 3.05) is 5.32 Å². The van der Waals surface area contributed by atoms with Crippen molar-refractivity contribution >= 4 is 21.7 Å². The van der Waals surface area contributed by atoms with Crippen molar-refractivity contribution in [2.45, 2.75) is 36.6 Å². The molecule has 0 saturated heterocycles. The lowest BCUT2D eigenvalue weighted by Crippen LogP contribution is -2.41. The van der Waals surface area contributed by atoms with Gasteiger partial charge in [-0.3, -0.25) is 0 Å². The molecule has 0 unspecified atom stereocenters. The van der Waals surface area contributed by atoms with E-state index in [1.54, 1.807) is 0 Å². The molecule has 7 heteroatoms. The van der Waals surface area contributed by atoms with Gasteiger partial charge in [0.05, 0.1) is 11.2 Å². The Morgan fingerprint density at radius 1 is 1.42 bits per heavy atom. The highest BCUT2D eigenvalue weighted by Gasteiger charge is 2.42. The van der Waals surface area contributed by atoms with E-state index < -0.39 is 15.8 Å². The summed E-state index contributed by atoms with van der Waals surface area (Å²) >= 11 is 0. The SMILES string of the molecule is CCC1(N=C2Nc3ccc(F)cc3S(=O)(=O)N2)CC1. The molecule has 1 saturated carbocycles. The van der Waals surface area contributed by atoms with Gasteiger partial charge in [-0.25, -0.2) is 22.5 Å². The third-order valence-electron chi connectivity index (χ3n) is 3.55. The van der Waals surface area contributed by atoms with Crippen molar-refractivity contribution in [3.8, 4) is 0 Å². The molecular formula is C12H14FN3O2S. The zero-order valence-electron chi connectivity index (χ0n) is 10.4. The monoisotopic (exact) mass is 283 g/mol. The van der Waals surface area contributed by atoms with Crippen LogP contribution in [0.4, 0.5) is 10.1 Å². The van der Waals surface area contributed by atoms with Gasteiger partial charge in [-0.1, -0.05) is 6.92 Å². The first-order valence-corrected chi connectivity index (χ1v) is 7.62. The van der Waals surface area contributed by atoms with Crippen LogP contribution in [-0.2, 0) is 10.0 Å². The van der Waals surface area contributed by atoms with E-state index in [0.29, 0.717) is 5.69 Å². The standard InChI is InChI=1S/C12H14FN3O2S/c1-2-12(5-6-12)15-11-14-9-4-3-8(13)7-10(9)19(17,18)16-11/h3-4,7H,2,5-6H2,1H3,(H2,14,15,16). The Hall–Kier alpha value is -1.63. The fourth-order valence-electron chi connectivity index (χ4n) is 2.13. The molecular weight excluding hydrogens is 269 g/mol. The maximum atomic E-state index is 13.1. The van der Waals surface area contributed by atoms with Gasteiger partial charge < -0.3 is 5.32 Å². The zero-order valence-corrected chi connectivity index (χ0v) is 11.2. The fraction of sp³-hybridized carbons (Fsp3) is 0.417. The molecule has 1 heterocycles. The first kappa shape index (κ1) is 12.4. The molecule has 5 nitrogen and oxygen atoms in total. The lowest BCUT2D eigenvalue weighted by atomic mass is 10.2. The van der Waals surface area contributed by atoms with Crippen molar-refractivity contribution in [3.05, 3.63) is 24.0 Å². The van der Waals surface area contributed by atoms with Gasteiger partial charge in [0.15, 0.2) is 0 Å². The molecule has 1 aliphatic carbocycles. The average molecular weight is 283 g/mol. The second kappa shape index (κ2) is 3.93. The molecule has 2 N–H and O–H groups in total. The van der Waals surface area contributed by atoms with Crippen molar-refractivity contribution < 1.29 is 12.8 Å². The molecule has 0 spiro atoms.